The SMILES string of the molecule is CC.CCCCN.NC1CCC(CC2CCC(N)CC2)CC1. The fourth-order valence-corrected chi connectivity index (χ4v) is 3.52. The van der Waals surface area contributed by atoms with Crippen LogP contribution in [0.3, 0.4) is 0 Å². The molecule has 0 atom stereocenters. The second-order valence-electron chi connectivity index (χ2n) is 6.94. The quantitative estimate of drug-likeness (QED) is 0.728. The third-order valence-electron chi connectivity index (χ3n) is 5.01. The van der Waals surface area contributed by atoms with E-state index in [9.17, 15) is 0 Å². The molecule has 0 heterocycles. The number of unbranched alkanes of at least 4 members (excludes halogenated alkanes) is 1. The van der Waals surface area contributed by atoms with Gasteiger partial charge in [-0.25, -0.2) is 0 Å². The molecule has 0 aromatic rings. The molecule has 0 aliphatic heterocycles. The van der Waals surface area contributed by atoms with E-state index in [4.69, 9.17) is 17.2 Å². The van der Waals surface area contributed by atoms with Gasteiger partial charge in [0.05, 0.1) is 0 Å². The predicted octanol–water partition coefficient (Wildman–Crippen LogP) is 4.18. The molecule has 3 nitrogen and oxygen atoms in total. The van der Waals surface area contributed by atoms with Gasteiger partial charge in [0.15, 0.2) is 0 Å². The Labute approximate surface area is 139 Å². The molecule has 3 heteroatoms. The molecule has 2 fully saturated rings. The second-order valence-corrected chi connectivity index (χ2v) is 6.94. The van der Waals surface area contributed by atoms with Crippen molar-refractivity contribution in [1.29, 1.82) is 0 Å². The van der Waals surface area contributed by atoms with Crippen LogP contribution in [0, 0.1) is 11.8 Å². The van der Waals surface area contributed by atoms with E-state index in [0.29, 0.717) is 12.1 Å². The Morgan fingerprint density at radius 2 is 1.09 bits per heavy atom. The molecule has 22 heavy (non-hydrogen) atoms. The zero-order valence-electron chi connectivity index (χ0n) is 15.5. The van der Waals surface area contributed by atoms with Gasteiger partial charge in [-0.15, -0.1) is 0 Å². The maximum Gasteiger partial charge on any atom is 0.00390 e. The van der Waals surface area contributed by atoms with Crippen LogP contribution in [-0.4, -0.2) is 18.6 Å². The summed E-state index contributed by atoms with van der Waals surface area (Å²) in [5.74, 6) is 1.95. The van der Waals surface area contributed by atoms with Crippen LogP contribution < -0.4 is 17.2 Å². The molecule has 2 aliphatic carbocycles. The van der Waals surface area contributed by atoms with Gasteiger partial charge in [0.2, 0.25) is 0 Å². The van der Waals surface area contributed by atoms with Gasteiger partial charge >= 0.3 is 0 Å². The van der Waals surface area contributed by atoms with Crippen molar-refractivity contribution in [3.05, 3.63) is 0 Å². The van der Waals surface area contributed by atoms with Crippen molar-refractivity contribution in [2.45, 2.75) is 103 Å². The monoisotopic (exact) mass is 313 g/mol. The van der Waals surface area contributed by atoms with Crippen molar-refractivity contribution in [2.24, 2.45) is 29.0 Å². The predicted molar refractivity (Wildman–Crippen MR) is 99.8 cm³/mol. The topological polar surface area (TPSA) is 78.1 Å². The molecule has 0 aromatic heterocycles. The lowest BCUT2D eigenvalue weighted by molar-refractivity contribution is 0.225. The minimum Gasteiger partial charge on any atom is -0.330 e. The normalized spacial score (nSPS) is 31.4. The summed E-state index contributed by atoms with van der Waals surface area (Å²) in [6, 6.07) is 1.00. The molecule has 0 saturated heterocycles. The lowest BCUT2D eigenvalue weighted by atomic mass is 9.76. The summed E-state index contributed by atoms with van der Waals surface area (Å²) in [7, 11) is 0. The first-order valence-corrected chi connectivity index (χ1v) is 9.86. The highest BCUT2D eigenvalue weighted by molar-refractivity contribution is 4.80. The van der Waals surface area contributed by atoms with Crippen molar-refractivity contribution >= 4 is 0 Å². The Bertz CT molecular complexity index is 195. The second kappa shape index (κ2) is 14.5. The highest BCUT2D eigenvalue weighted by atomic mass is 14.6. The zero-order chi connectivity index (χ0) is 16.8. The molecular formula is C19H43N3. The average Bonchev–Trinajstić information content (AvgIpc) is 2.55. The summed E-state index contributed by atoms with van der Waals surface area (Å²) in [6.45, 7) is 6.98. The molecule has 0 unspecified atom stereocenters. The Balaban J connectivity index is 0.000000540. The molecular weight excluding hydrogens is 270 g/mol. The van der Waals surface area contributed by atoms with Crippen molar-refractivity contribution in [1.82, 2.24) is 0 Å². The van der Waals surface area contributed by atoms with Crippen LogP contribution in [0.15, 0.2) is 0 Å². The maximum absolute atomic E-state index is 5.93. The van der Waals surface area contributed by atoms with E-state index in [1.807, 2.05) is 13.8 Å². The van der Waals surface area contributed by atoms with Gasteiger partial charge < -0.3 is 17.2 Å². The summed E-state index contributed by atoms with van der Waals surface area (Å²) in [5.41, 5.74) is 17.0. The van der Waals surface area contributed by atoms with Crippen LogP contribution in [0.4, 0.5) is 0 Å². The molecule has 2 aliphatic rings. The first kappa shape index (κ1) is 21.9. The summed E-state index contributed by atoms with van der Waals surface area (Å²) in [6.07, 6.45) is 14.4. The molecule has 0 radical (unpaired) electrons. The molecule has 2 rings (SSSR count). The van der Waals surface area contributed by atoms with E-state index < -0.39 is 0 Å². The Kier molecular flexibility index (Phi) is 14.4. The third kappa shape index (κ3) is 10.6. The number of nitrogens with two attached hydrogens (primary N) is 3. The lowest BCUT2D eigenvalue weighted by Crippen LogP contribution is -2.30. The first-order valence-electron chi connectivity index (χ1n) is 9.86. The molecule has 134 valence electrons. The fraction of sp³-hybridized carbons (Fsp3) is 1.00. The van der Waals surface area contributed by atoms with E-state index in [1.54, 1.807) is 0 Å². The highest BCUT2D eigenvalue weighted by Crippen LogP contribution is 2.34. The minimum atomic E-state index is 0.501. The summed E-state index contributed by atoms with van der Waals surface area (Å²) < 4.78 is 0. The number of rotatable bonds is 4. The zero-order valence-corrected chi connectivity index (χ0v) is 15.5. The van der Waals surface area contributed by atoms with E-state index in [-0.39, 0.29) is 0 Å². The van der Waals surface area contributed by atoms with Gasteiger partial charge in [-0.2, -0.15) is 0 Å². The largest absolute Gasteiger partial charge is 0.330 e. The Hall–Kier alpha value is -0.120. The maximum atomic E-state index is 5.93. The van der Waals surface area contributed by atoms with Crippen molar-refractivity contribution < 1.29 is 0 Å². The third-order valence-corrected chi connectivity index (χ3v) is 5.01. The molecule has 0 spiro atoms. The average molecular weight is 314 g/mol. The van der Waals surface area contributed by atoms with Gasteiger partial charge in [-0.05, 0) is 82.6 Å². The number of hydrogen-bond donors (Lipinski definition) is 3. The molecule has 2 saturated carbocycles. The summed E-state index contributed by atoms with van der Waals surface area (Å²) in [4.78, 5) is 0. The first-order chi connectivity index (χ1) is 10.7. The van der Waals surface area contributed by atoms with Crippen molar-refractivity contribution in [2.75, 3.05) is 6.54 Å². The standard InChI is InChI=1S/C13H26N2.C4H11N.C2H6/c14-12-5-1-10(2-6-12)9-11-3-7-13(15)8-4-11;1-2-3-4-5;1-2/h10-13H,1-9,14-15H2;2-5H2,1H3;1-2H3. The molecule has 0 bridgehead atoms. The van der Waals surface area contributed by atoms with Gasteiger partial charge in [0.25, 0.3) is 0 Å². The van der Waals surface area contributed by atoms with Crippen LogP contribution in [-0.2, 0) is 0 Å². The smallest absolute Gasteiger partial charge is 0.00390 e. The fourth-order valence-electron chi connectivity index (χ4n) is 3.52. The highest BCUT2D eigenvalue weighted by Gasteiger charge is 2.24. The van der Waals surface area contributed by atoms with Gasteiger partial charge in [-0.3, -0.25) is 0 Å². The molecule has 0 aromatic carbocycles. The van der Waals surface area contributed by atoms with E-state index in [2.05, 4.69) is 6.92 Å². The van der Waals surface area contributed by atoms with Crippen LogP contribution in [0.1, 0.15) is 91.4 Å². The van der Waals surface area contributed by atoms with Crippen molar-refractivity contribution in [3.8, 4) is 0 Å². The van der Waals surface area contributed by atoms with Gasteiger partial charge in [0.1, 0.15) is 0 Å². The van der Waals surface area contributed by atoms with Crippen LogP contribution in [0.25, 0.3) is 0 Å². The van der Waals surface area contributed by atoms with E-state index >= 15 is 0 Å². The number of hydrogen-bond acceptors (Lipinski definition) is 3. The van der Waals surface area contributed by atoms with Crippen LogP contribution in [0.2, 0.25) is 0 Å². The van der Waals surface area contributed by atoms with Gasteiger partial charge in [0, 0.05) is 12.1 Å². The summed E-state index contributed by atoms with van der Waals surface area (Å²) >= 11 is 0. The lowest BCUT2D eigenvalue weighted by Gasteiger charge is -2.32. The molecule has 6 N–H and O–H groups in total. The summed E-state index contributed by atoms with van der Waals surface area (Å²) in [5, 5.41) is 0. The van der Waals surface area contributed by atoms with Gasteiger partial charge in [-0.1, -0.05) is 27.2 Å². The van der Waals surface area contributed by atoms with Crippen LogP contribution >= 0.6 is 0 Å². The Morgan fingerprint density at radius 1 is 0.727 bits per heavy atom. The Morgan fingerprint density at radius 3 is 1.32 bits per heavy atom. The van der Waals surface area contributed by atoms with E-state index in [1.165, 1.54) is 70.6 Å². The minimum absolute atomic E-state index is 0.501. The van der Waals surface area contributed by atoms with E-state index in [0.717, 1.165) is 18.4 Å². The molecule has 0 amide bonds. The van der Waals surface area contributed by atoms with Crippen LogP contribution in [0.5, 0.6) is 0 Å². The van der Waals surface area contributed by atoms with Crippen molar-refractivity contribution in [3.63, 3.8) is 0 Å².